The van der Waals surface area contributed by atoms with Crippen LogP contribution in [0.2, 0.25) is 0 Å². The molecule has 3 rings (SSSR count). The normalized spacial score (nSPS) is 24.2. The van der Waals surface area contributed by atoms with E-state index < -0.39 is 0 Å². The number of likely N-dealkylation sites (tertiary alicyclic amines) is 1. The van der Waals surface area contributed by atoms with Gasteiger partial charge in [-0.3, -0.25) is 4.79 Å². The van der Waals surface area contributed by atoms with E-state index in [0.717, 1.165) is 13.0 Å². The molecule has 5 nitrogen and oxygen atoms in total. The quantitative estimate of drug-likeness (QED) is 0.856. The largest absolute Gasteiger partial charge is 0.454 e. The van der Waals surface area contributed by atoms with Crippen molar-refractivity contribution >= 4 is 18.3 Å². The van der Waals surface area contributed by atoms with E-state index in [9.17, 15) is 4.79 Å². The Balaban J connectivity index is 0.00000147. The summed E-state index contributed by atoms with van der Waals surface area (Å²) in [4.78, 5) is 14.3. The van der Waals surface area contributed by atoms with Crippen LogP contribution in [0.1, 0.15) is 23.7 Å². The van der Waals surface area contributed by atoms with Gasteiger partial charge in [0, 0.05) is 24.7 Å². The summed E-state index contributed by atoms with van der Waals surface area (Å²) >= 11 is 0. The zero-order valence-corrected chi connectivity index (χ0v) is 12.2. The number of carbonyl (C=O) groups is 1. The van der Waals surface area contributed by atoms with Crippen molar-refractivity contribution in [2.45, 2.75) is 19.4 Å². The number of piperidine rings is 1. The third kappa shape index (κ3) is 2.69. The number of rotatable bonds is 1. The van der Waals surface area contributed by atoms with Crippen LogP contribution in [0.3, 0.4) is 0 Å². The van der Waals surface area contributed by atoms with Gasteiger partial charge in [-0.05, 0) is 30.5 Å². The zero-order chi connectivity index (χ0) is 13.4. The molecule has 20 heavy (non-hydrogen) atoms. The molecule has 1 saturated heterocycles. The molecule has 2 N–H and O–H groups in total. The second-order valence-electron chi connectivity index (χ2n) is 5.25. The lowest BCUT2D eigenvalue weighted by molar-refractivity contribution is 0.0664. The topological polar surface area (TPSA) is 64.8 Å². The van der Waals surface area contributed by atoms with Crippen molar-refractivity contribution in [2.75, 3.05) is 19.9 Å². The van der Waals surface area contributed by atoms with E-state index in [1.807, 2.05) is 4.90 Å². The van der Waals surface area contributed by atoms with Gasteiger partial charge in [0.05, 0.1) is 0 Å². The van der Waals surface area contributed by atoms with Gasteiger partial charge in [0.1, 0.15) is 0 Å². The summed E-state index contributed by atoms with van der Waals surface area (Å²) in [5, 5.41) is 0. The summed E-state index contributed by atoms with van der Waals surface area (Å²) in [5.74, 6) is 1.72. The molecule has 2 heterocycles. The molecule has 2 aliphatic rings. The van der Waals surface area contributed by atoms with Gasteiger partial charge in [0.15, 0.2) is 11.5 Å². The number of fused-ring (bicyclic) bond motifs is 1. The molecule has 2 aliphatic heterocycles. The zero-order valence-electron chi connectivity index (χ0n) is 11.4. The van der Waals surface area contributed by atoms with E-state index in [1.54, 1.807) is 18.2 Å². The van der Waals surface area contributed by atoms with Crippen LogP contribution < -0.4 is 15.2 Å². The molecule has 0 radical (unpaired) electrons. The molecule has 0 spiro atoms. The summed E-state index contributed by atoms with van der Waals surface area (Å²) in [6, 6.07) is 5.52. The second kappa shape index (κ2) is 5.89. The number of halogens is 1. The van der Waals surface area contributed by atoms with Crippen LogP contribution in [0.5, 0.6) is 11.5 Å². The van der Waals surface area contributed by atoms with Crippen molar-refractivity contribution in [1.29, 1.82) is 0 Å². The number of nitrogens with zero attached hydrogens (tertiary/aromatic N) is 1. The Hall–Kier alpha value is -1.46. The van der Waals surface area contributed by atoms with Crippen LogP contribution in [0.15, 0.2) is 18.2 Å². The molecule has 0 bridgehead atoms. The van der Waals surface area contributed by atoms with Crippen LogP contribution in [0.25, 0.3) is 0 Å². The van der Waals surface area contributed by atoms with E-state index in [-0.39, 0.29) is 31.1 Å². The standard InChI is InChI=1S/C14H18N2O3.ClH/c1-9-7-16(5-4-11(9)15)14(17)10-2-3-12-13(6-10)19-8-18-12;/h2-3,6,9,11H,4-5,7-8,15H2,1H3;1H. The van der Waals surface area contributed by atoms with E-state index >= 15 is 0 Å². The fraction of sp³-hybridized carbons (Fsp3) is 0.500. The average Bonchev–Trinajstić information content (AvgIpc) is 2.88. The number of amides is 1. The van der Waals surface area contributed by atoms with E-state index in [2.05, 4.69) is 6.92 Å². The van der Waals surface area contributed by atoms with E-state index in [1.165, 1.54) is 0 Å². The van der Waals surface area contributed by atoms with Gasteiger partial charge < -0.3 is 20.1 Å². The highest BCUT2D eigenvalue weighted by Crippen LogP contribution is 2.33. The Labute approximate surface area is 124 Å². The molecule has 1 amide bonds. The fourth-order valence-electron chi connectivity index (χ4n) is 2.56. The van der Waals surface area contributed by atoms with E-state index in [0.29, 0.717) is 29.5 Å². The predicted molar refractivity (Wildman–Crippen MR) is 77.5 cm³/mol. The Morgan fingerprint density at radius 3 is 2.85 bits per heavy atom. The van der Waals surface area contributed by atoms with Crippen LogP contribution in [0.4, 0.5) is 0 Å². The van der Waals surface area contributed by atoms with Crippen molar-refractivity contribution in [1.82, 2.24) is 4.90 Å². The molecule has 2 atom stereocenters. The van der Waals surface area contributed by atoms with Gasteiger partial charge in [-0.25, -0.2) is 0 Å². The highest BCUT2D eigenvalue weighted by molar-refractivity contribution is 5.95. The lowest BCUT2D eigenvalue weighted by Gasteiger charge is -2.35. The number of hydrogen-bond donors (Lipinski definition) is 1. The molecular weight excluding hydrogens is 280 g/mol. The third-order valence-electron chi connectivity index (χ3n) is 3.88. The fourth-order valence-corrected chi connectivity index (χ4v) is 2.56. The predicted octanol–water partition coefficient (Wildman–Crippen LogP) is 1.65. The molecule has 0 aromatic heterocycles. The van der Waals surface area contributed by atoms with Gasteiger partial charge in [-0.2, -0.15) is 0 Å². The highest BCUT2D eigenvalue weighted by atomic mass is 35.5. The Morgan fingerprint density at radius 1 is 1.35 bits per heavy atom. The smallest absolute Gasteiger partial charge is 0.254 e. The number of ether oxygens (including phenoxy) is 2. The van der Waals surface area contributed by atoms with Crippen molar-refractivity contribution in [3.8, 4) is 11.5 Å². The Kier molecular flexibility index (Phi) is 4.40. The third-order valence-corrected chi connectivity index (χ3v) is 3.88. The number of benzene rings is 1. The molecule has 110 valence electrons. The van der Waals surface area contributed by atoms with Crippen LogP contribution in [-0.2, 0) is 0 Å². The first-order valence-corrected chi connectivity index (χ1v) is 6.59. The maximum absolute atomic E-state index is 12.4. The Morgan fingerprint density at radius 2 is 2.10 bits per heavy atom. The summed E-state index contributed by atoms with van der Waals surface area (Å²) < 4.78 is 10.5. The molecule has 1 fully saturated rings. The number of carbonyl (C=O) groups excluding carboxylic acids is 1. The summed E-state index contributed by atoms with van der Waals surface area (Å²) in [6.07, 6.45) is 0.859. The first-order valence-electron chi connectivity index (χ1n) is 6.59. The molecule has 1 aromatic rings. The van der Waals surface area contributed by atoms with Gasteiger partial charge in [0.25, 0.3) is 5.91 Å². The first kappa shape index (κ1) is 14.9. The lowest BCUT2D eigenvalue weighted by Crippen LogP contribution is -2.48. The van der Waals surface area contributed by atoms with Gasteiger partial charge in [-0.1, -0.05) is 6.92 Å². The molecule has 0 aliphatic carbocycles. The SMILES string of the molecule is CC1CN(C(=O)c2ccc3c(c2)OCO3)CCC1N.Cl. The van der Waals surface area contributed by atoms with Gasteiger partial charge in [0.2, 0.25) is 6.79 Å². The highest BCUT2D eigenvalue weighted by Gasteiger charge is 2.27. The Bertz CT molecular complexity index is 509. The minimum Gasteiger partial charge on any atom is -0.454 e. The van der Waals surface area contributed by atoms with Crippen LogP contribution >= 0.6 is 12.4 Å². The monoisotopic (exact) mass is 298 g/mol. The summed E-state index contributed by atoms with van der Waals surface area (Å²) in [6.45, 7) is 3.75. The first-order chi connectivity index (χ1) is 9.15. The lowest BCUT2D eigenvalue weighted by atomic mass is 9.94. The number of nitrogens with two attached hydrogens (primary N) is 1. The minimum absolute atomic E-state index is 0. The molecule has 0 saturated carbocycles. The van der Waals surface area contributed by atoms with Crippen molar-refractivity contribution in [3.05, 3.63) is 23.8 Å². The maximum atomic E-state index is 12.4. The van der Waals surface area contributed by atoms with Gasteiger partial charge >= 0.3 is 0 Å². The minimum atomic E-state index is 0. The summed E-state index contributed by atoms with van der Waals surface area (Å²) in [5.41, 5.74) is 6.62. The second-order valence-corrected chi connectivity index (χ2v) is 5.25. The molecule has 2 unspecified atom stereocenters. The van der Waals surface area contributed by atoms with Gasteiger partial charge in [-0.15, -0.1) is 12.4 Å². The molecule has 1 aromatic carbocycles. The molecular formula is C14H19ClN2O3. The van der Waals surface area contributed by atoms with Crippen molar-refractivity contribution < 1.29 is 14.3 Å². The average molecular weight is 299 g/mol. The van der Waals surface area contributed by atoms with E-state index in [4.69, 9.17) is 15.2 Å². The maximum Gasteiger partial charge on any atom is 0.254 e. The molecule has 6 heteroatoms. The van der Waals surface area contributed by atoms with Crippen molar-refractivity contribution in [3.63, 3.8) is 0 Å². The van der Waals surface area contributed by atoms with Crippen LogP contribution in [-0.4, -0.2) is 36.7 Å². The van der Waals surface area contributed by atoms with Crippen LogP contribution in [0, 0.1) is 5.92 Å². The van der Waals surface area contributed by atoms with Crippen molar-refractivity contribution in [2.24, 2.45) is 11.7 Å². The number of hydrogen-bond acceptors (Lipinski definition) is 4. The summed E-state index contributed by atoms with van der Waals surface area (Å²) in [7, 11) is 0.